The third-order valence-corrected chi connectivity index (χ3v) is 3.99. The molecule has 1 heterocycles. The van der Waals surface area contributed by atoms with Crippen molar-refractivity contribution in [3.8, 4) is 0 Å². The lowest BCUT2D eigenvalue weighted by molar-refractivity contribution is 0.199. The standard InChI is InChI=1S/C19H28N2O/c1-13(2)16-7-6-8-17-15(12-20-9-10-22-5)11-18(14(3)4)21-19(16)17/h6-8,11,13-14,20H,9-10,12H2,1-5H3. The molecule has 0 saturated heterocycles. The summed E-state index contributed by atoms with van der Waals surface area (Å²) < 4.78 is 5.10. The van der Waals surface area contributed by atoms with Gasteiger partial charge in [0.05, 0.1) is 12.1 Å². The van der Waals surface area contributed by atoms with E-state index in [2.05, 4.69) is 57.3 Å². The van der Waals surface area contributed by atoms with Crippen LogP contribution < -0.4 is 5.32 Å². The molecule has 3 heteroatoms. The van der Waals surface area contributed by atoms with Crippen LogP contribution in [0, 0.1) is 0 Å². The largest absolute Gasteiger partial charge is 0.383 e. The van der Waals surface area contributed by atoms with E-state index >= 15 is 0 Å². The van der Waals surface area contributed by atoms with E-state index in [1.54, 1.807) is 7.11 Å². The third-order valence-electron chi connectivity index (χ3n) is 3.99. The maximum atomic E-state index is 5.10. The van der Waals surface area contributed by atoms with Crippen molar-refractivity contribution in [3.05, 3.63) is 41.1 Å². The molecule has 0 saturated carbocycles. The van der Waals surface area contributed by atoms with Gasteiger partial charge in [0.1, 0.15) is 0 Å². The molecule has 0 fully saturated rings. The Hall–Kier alpha value is -1.45. The molecule has 0 spiro atoms. The zero-order chi connectivity index (χ0) is 16.1. The summed E-state index contributed by atoms with van der Waals surface area (Å²) in [6.45, 7) is 11.3. The lowest BCUT2D eigenvalue weighted by Crippen LogP contribution is -2.19. The van der Waals surface area contributed by atoms with Crippen molar-refractivity contribution < 1.29 is 4.74 Å². The first kappa shape index (κ1) is 16.9. The van der Waals surface area contributed by atoms with Gasteiger partial charge in [-0.05, 0) is 29.0 Å². The van der Waals surface area contributed by atoms with Gasteiger partial charge in [-0.3, -0.25) is 4.98 Å². The van der Waals surface area contributed by atoms with Crippen molar-refractivity contribution in [3.63, 3.8) is 0 Å². The second kappa shape index (κ2) is 7.70. The van der Waals surface area contributed by atoms with E-state index in [9.17, 15) is 0 Å². The Bertz CT molecular complexity index is 620. The number of nitrogens with one attached hydrogen (secondary N) is 1. The Morgan fingerprint density at radius 1 is 1.14 bits per heavy atom. The fourth-order valence-corrected chi connectivity index (χ4v) is 2.67. The number of ether oxygens (including phenoxy) is 1. The zero-order valence-corrected chi connectivity index (χ0v) is 14.4. The number of hydrogen-bond acceptors (Lipinski definition) is 3. The summed E-state index contributed by atoms with van der Waals surface area (Å²) in [4.78, 5) is 4.95. The molecule has 0 aliphatic carbocycles. The van der Waals surface area contributed by atoms with Gasteiger partial charge in [-0.1, -0.05) is 45.9 Å². The molecular weight excluding hydrogens is 272 g/mol. The highest BCUT2D eigenvalue weighted by Gasteiger charge is 2.12. The number of nitrogens with zero attached hydrogens (tertiary/aromatic N) is 1. The zero-order valence-electron chi connectivity index (χ0n) is 14.4. The number of para-hydroxylation sites is 1. The van der Waals surface area contributed by atoms with Gasteiger partial charge >= 0.3 is 0 Å². The molecule has 120 valence electrons. The smallest absolute Gasteiger partial charge is 0.0743 e. The van der Waals surface area contributed by atoms with Crippen molar-refractivity contribution in [2.75, 3.05) is 20.3 Å². The number of rotatable bonds is 7. The topological polar surface area (TPSA) is 34.1 Å². The molecule has 0 atom stereocenters. The van der Waals surface area contributed by atoms with E-state index in [4.69, 9.17) is 9.72 Å². The molecule has 1 aromatic heterocycles. The molecule has 22 heavy (non-hydrogen) atoms. The van der Waals surface area contributed by atoms with Gasteiger partial charge in [0.25, 0.3) is 0 Å². The molecule has 0 bridgehead atoms. The van der Waals surface area contributed by atoms with E-state index in [1.807, 2.05) is 0 Å². The van der Waals surface area contributed by atoms with E-state index in [1.165, 1.54) is 22.2 Å². The molecule has 0 aliphatic heterocycles. The van der Waals surface area contributed by atoms with Crippen LogP contribution in [0.4, 0.5) is 0 Å². The van der Waals surface area contributed by atoms with Crippen LogP contribution in [-0.2, 0) is 11.3 Å². The summed E-state index contributed by atoms with van der Waals surface area (Å²) in [5.41, 5.74) is 4.99. The van der Waals surface area contributed by atoms with Crippen LogP contribution >= 0.6 is 0 Å². The average Bonchev–Trinajstić information content (AvgIpc) is 2.50. The lowest BCUT2D eigenvalue weighted by Gasteiger charge is -2.16. The van der Waals surface area contributed by atoms with Crippen molar-refractivity contribution in [2.45, 2.75) is 46.1 Å². The molecule has 1 aromatic carbocycles. The fraction of sp³-hybridized carbons (Fsp3) is 0.526. The Morgan fingerprint density at radius 3 is 2.55 bits per heavy atom. The van der Waals surface area contributed by atoms with E-state index < -0.39 is 0 Å². The van der Waals surface area contributed by atoms with Gasteiger partial charge in [-0.25, -0.2) is 0 Å². The molecule has 0 radical (unpaired) electrons. The first-order valence-corrected chi connectivity index (χ1v) is 8.16. The first-order chi connectivity index (χ1) is 10.5. The summed E-state index contributed by atoms with van der Waals surface area (Å²) in [5.74, 6) is 0.912. The number of hydrogen-bond donors (Lipinski definition) is 1. The normalized spacial score (nSPS) is 11.8. The van der Waals surface area contributed by atoms with Gasteiger partial charge in [-0.15, -0.1) is 0 Å². The number of benzene rings is 1. The molecule has 2 aromatic rings. The predicted octanol–water partition coefficient (Wildman–Crippen LogP) is 4.22. The van der Waals surface area contributed by atoms with Gasteiger partial charge in [-0.2, -0.15) is 0 Å². The number of methoxy groups -OCH3 is 1. The van der Waals surface area contributed by atoms with E-state index in [-0.39, 0.29) is 0 Å². The van der Waals surface area contributed by atoms with Crippen molar-refractivity contribution >= 4 is 10.9 Å². The van der Waals surface area contributed by atoms with Crippen molar-refractivity contribution in [1.82, 2.24) is 10.3 Å². The monoisotopic (exact) mass is 300 g/mol. The minimum absolute atomic E-state index is 0.433. The van der Waals surface area contributed by atoms with Crippen LogP contribution in [0.2, 0.25) is 0 Å². The average molecular weight is 300 g/mol. The summed E-state index contributed by atoms with van der Waals surface area (Å²) in [7, 11) is 1.73. The summed E-state index contributed by atoms with van der Waals surface area (Å²) in [6.07, 6.45) is 0. The van der Waals surface area contributed by atoms with Crippen LogP contribution in [0.15, 0.2) is 24.3 Å². The first-order valence-electron chi connectivity index (χ1n) is 8.16. The summed E-state index contributed by atoms with van der Waals surface area (Å²) >= 11 is 0. The van der Waals surface area contributed by atoms with Crippen LogP contribution in [0.3, 0.4) is 0 Å². The highest BCUT2D eigenvalue weighted by Crippen LogP contribution is 2.28. The van der Waals surface area contributed by atoms with Gasteiger partial charge < -0.3 is 10.1 Å². The number of pyridine rings is 1. The molecule has 0 amide bonds. The van der Waals surface area contributed by atoms with Gasteiger partial charge in [0.2, 0.25) is 0 Å². The molecule has 0 aliphatic rings. The molecule has 0 unspecified atom stereocenters. The van der Waals surface area contributed by atoms with Crippen LogP contribution in [0.1, 0.15) is 56.4 Å². The minimum atomic E-state index is 0.433. The van der Waals surface area contributed by atoms with Crippen molar-refractivity contribution in [2.24, 2.45) is 0 Å². The van der Waals surface area contributed by atoms with Crippen LogP contribution in [0.25, 0.3) is 10.9 Å². The molecule has 3 nitrogen and oxygen atoms in total. The predicted molar refractivity (Wildman–Crippen MR) is 93.5 cm³/mol. The Balaban J connectivity index is 2.46. The van der Waals surface area contributed by atoms with E-state index in [0.717, 1.165) is 25.2 Å². The quantitative estimate of drug-likeness (QED) is 0.777. The second-order valence-electron chi connectivity index (χ2n) is 6.43. The molecular formula is C19H28N2O. The number of aromatic nitrogens is 1. The molecule has 1 N–H and O–H groups in total. The van der Waals surface area contributed by atoms with E-state index in [0.29, 0.717) is 11.8 Å². The SMILES string of the molecule is COCCNCc1cc(C(C)C)nc2c(C(C)C)cccc12. The third kappa shape index (κ3) is 3.84. The van der Waals surface area contributed by atoms with Crippen LogP contribution in [0.5, 0.6) is 0 Å². The van der Waals surface area contributed by atoms with Crippen molar-refractivity contribution in [1.29, 1.82) is 0 Å². The number of fused-ring (bicyclic) bond motifs is 1. The Morgan fingerprint density at radius 2 is 1.91 bits per heavy atom. The maximum Gasteiger partial charge on any atom is 0.0743 e. The minimum Gasteiger partial charge on any atom is -0.383 e. The van der Waals surface area contributed by atoms with Gasteiger partial charge in [0, 0.05) is 31.3 Å². The Labute approximate surface area is 134 Å². The summed E-state index contributed by atoms with van der Waals surface area (Å²) in [5, 5.41) is 4.72. The highest BCUT2D eigenvalue weighted by atomic mass is 16.5. The maximum absolute atomic E-state index is 5.10. The fourth-order valence-electron chi connectivity index (χ4n) is 2.67. The second-order valence-corrected chi connectivity index (χ2v) is 6.43. The van der Waals surface area contributed by atoms with Crippen LogP contribution in [-0.4, -0.2) is 25.2 Å². The van der Waals surface area contributed by atoms with Gasteiger partial charge in [0.15, 0.2) is 0 Å². The lowest BCUT2D eigenvalue weighted by atomic mass is 9.95. The molecule has 2 rings (SSSR count). The highest BCUT2D eigenvalue weighted by molar-refractivity contribution is 5.85. The Kier molecular flexibility index (Phi) is 5.92. The summed E-state index contributed by atoms with van der Waals surface area (Å²) in [6, 6.07) is 8.78.